The van der Waals surface area contributed by atoms with Crippen LogP contribution in [0, 0.1) is 0 Å². The van der Waals surface area contributed by atoms with Gasteiger partial charge in [0, 0.05) is 35.6 Å². The number of benzene rings is 2. The Kier molecular flexibility index (Phi) is 5.86. The summed E-state index contributed by atoms with van der Waals surface area (Å²) in [6, 6.07) is 14.9. The molecule has 1 N–H and O–H groups in total. The molecule has 5 heteroatoms. The van der Waals surface area contributed by atoms with Crippen LogP contribution in [0.15, 0.2) is 61.2 Å². The van der Waals surface area contributed by atoms with Gasteiger partial charge in [0.05, 0.1) is 27.1 Å². The number of nitrogens with zero attached hydrogens (tertiary/aromatic N) is 2. The first kappa shape index (κ1) is 19.5. The van der Waals surface area contributed by atoms with Gasteiger partial charge in [0.15, 0.2) is 0 Å². The Balaban J connectivity index is 1.57. The lowest BCUT2D eigenvalue weighted by Crippen LogP contribution is -2.39. The molecule has 1 saturated carbocycles. The lowest BCUT2D eigenvalue weighted by Gasteiger charge is -2.32. The molecule has 1 aromatic heterocycles. The highest BCUT2D eigenvalue weighted by Crippen LogP contribution is 2.42. The fourth-order valence-corrected chi connectivity index (χ4v) is 4.47. The molecule has 1 aliphatic rings. The SMILES string of the molecule is COc1ccc(CNC2(c3ccccc3OC)CCCC2)cc1Cn1ccnc1. The van der Waals surface area contributed by atoms with Crippen LogP contribution in [0.5, 0.6) is 11.5 Å². The van der Waals surface area contributed by atoms with Crippen molar-refractivity contribution in [2.45, 2.75) is 44.3 Å². The number of imidazole rings is 1. The van der Waals surface area contributed by atoms with Crippen LogP contribution in [-0.2, 0) is 18.6 Å². The van der Waals surface area contributed by atoms with Crippen molar-refractivity contribution >= 4 is 0 Å². The molecule has 29 heavy (non-hydrogen) atoms. The lowest BCUT2D eigenvalue weighted by molar-refractivity contribution is 0.316. The van der Waals surface area contributed by atoms with Crippen LogP contribution in [0.25, 0.3) is 0 Å². The van der Waals surface area contributed by atoms with E-state index in [9.17, 15) is 0 Å². The van der Waals surface area contributed by atoms with Gasteiger partial charge >= 0.3 is 0 Å². The normalized spacial score (nSPS) is 15.4. The predicted molar refractivity (Wildman–Crippen MR) is 114 cm³/mol. The maximum absolute atomic E-state index is 5.68. The van der Waals surface area contributed by atoms with E-state index in [1.165, 1.54) is 24.0 Å². The summed E-state index contributed by atoms with van der Waals surface area (Å²) in [6.45, 7) is 1.55. The van der Waals surface area contributed by atoms with Crippen molar-refractivity contribution in [3.05, 3.63) is 77.9 Å². The molecule has 1 fully saturated rings. The molecule has 0 spiro atoms. The van der Waals surface area contributed by atoms with Crippen LogP contribution >= 0.6 is 0 Å². The van der Waals surface area contributed by atoms with Gasteiger partial charge in [-0.05, 0) is 36.6 Å². The van der Waals surface area contributed by atoms with Crippen LogP contribution in [0.3, 0.4) is 0 Å². The summed E-state index contributed by atoms with van der Waals surface area (Å²) in [5, 5.41) is 3.89. The summed E-state index contributed by atoms with van der Waals surface area (Å²) < 4.78 is 13.3. The van der Waals surface area contributed by atoms with Gasteiger partial charge in [-0.3, -0.25) is 0 Å². The fraction of sp³-hybridized carbons (Fsp3) is 0.375. The largest absolute Gasteiger partial charge is 0.496 e. The maximum atomic E-state index is 5.68. The number of methoxy groups -OCH3 is 2. The quantitative estimate of drug-likeness (QED) is 0.614. The zero-order valence-electron chi connectivity index (χ0n) is 17.2. The zero-order chi connectivity index (χ0) is 20.1. The second-order valence-electron chi connectivity index (χ2n) is 7.72. The molecule has 0 radical (unpaired) electrons. The fourth-order valence-electron chi connectivity index (χ4n) is 4.47. The van der Waals surface area contributed by atoms with Gasteiger partial charge in [0.1, 0.15) is 11.5 Å². The van der Waals surface area contributed by atoms with Gasteiger partial charge in [-0.1, -0.05) is 37.1 Å². The van der Waals surface area contributed by atoms with E-state index in [0.29, 0.717) is 0 Å². The minimum Gasteiger partial charge on any atom is -0.496 e. The van der Waals surface area contributed by atoms with Crippen molar-refractivity contribution in [3.8, 4) is 11.5 Å². The Labute approximate surface area is 172 Å². The molecule has 0 bridgehead atoms. The summed E-state index contributed by atoms with van der Waals surface area (Å²) in [7, 11) is 3.48. The summed E-state index contributed by atoms with van der Waals surface area (Å²) >= 11 is 0. The third-order valence-corrected chi connectivity index (χ3v) is 5.97. The van der Waals surface area contributed by atoms with Crippen LogP contribution in [0.4, 0.5) is 0 Å². The van der Waals surface area contributed by atoms with Gasteiger partial charge in [0.25, 0.3) is 0 Å². The second kappa shape index (κ2) is 8.70. The lowest BCUT2D eigenvalue weighted by atomic mass is 9.87. The number of hydrogen-bond acceptors (Lipinski definition) is 4. The number of nitrogens with one attached hydrogen (secondary N) is 1. The van der Waals surface area contributed by atoms with Gasteiger partial charge in [-0.25, -0.2) is 4.98 Å². The molecular formula is C24H29N3O2. The minimum absolute atomic E-state index is 0.0307. The Morgan fingerprint density at radius 2 is 1.83 bits per heavy atom. The molecule has 152 valence electrons. The van der Waals surface area contributed by atoms with Crippen LogP contribution in [0.1, 0.15) is 42.4 Å². The smallest absolute Gasteiger partial charge is 0.123 e. The highest BCUT2D eigenvalue weighted by Gasteiger charge is 2.37. The Bertz CT molecular complexity index is 931. The van der Waals surface area contributed by atoms with Crippen molar-refractivity contribution in [2.24, 2.45) is 0 Å². The van der Waals surface area contributed by atoms with E-state index in [4.69, 9.17) is 9.47 Å². The average Bonchev–Trinajstić information content (AvgIpc) is 3.45. The second-order valence-corrected chi connectivity index (χ2v) is 7.72. The zero-order valence-corrected chi connectivity index (χ0v) is 17.2. The number of ether oxygens (including phenoxy) is 2. The number of aromatic nitrogens is 2. The molecule has 1 heterocycles. The van der Waals surface area contributed by atoms with Gasteiger partial charge in [0.2, 0.25) is 0 Å². The van der Waals surface area contributed by atoms with Gasteiger partial charge in [-0.15, -0.1) is 0 Å². The number of rotatable bonds is 8. The highest BCUT2D eigenvalue weighted by molar-refractivity contribution is 5.41. The molecule has 5 nitrogen and oxygen atoms in total. The van der Waals surface area contributed by atoms with Crippen LogP contribution in [0.2, 0.25) is 0 Å². The molecule has 0 saturated heterocycles. The van der Waals surface area contributed by atoms with Crippen molar-refractivity contribution < 1.29 is 9.47 Å². The van der Waals surface area contributed by atoms with Crippen LogP contribution < -0.4 is 14.8 Å². The van der Waals surface area contributed by atoms with Crippen molar-refractivity contribution in [2.75, 3.05) is 14.2 Å². The Morgan fingerprint density at radius 3 is 2.55 bits per heavy atom. The van der Waals surface area contributed by atoms with E-state index in [1.54, 1.807) is 20.4 Å². The van der Waals surface area contributed by atoms with Gasteiger partial charge in [-0.2, -0.15) is 0 Å². The van der Waals surface area contributed by atoms with E-state index >= 15 is 0 Å². The summed E-state index contributed by atoms with van der Waals surface area (Å²) in [4.78, 5) is 4.14. The van der Waals surface area contributed by atoms with E-state index < -0.39 is 0 Å². The molecule has 0 unspecified atom stereocenters. The first-order valence-corrected chi connectivity index (χ1v) is 10.2. The third-order valence-electron chi connectivity index (χ3n) is 5.97. The molecule has 4 rings (SSSR count). The summed E-state index contributed by atoms with van der Waals surface area (Å²) in [5.74, 6) is 1.88. The van der Waals surface area contributed by atoms with Gasteiger partial charge < -0.3 is 19.4 Å². The first-order valence-electron chi connectivity index (χ1n) is 10.2. The van der Waals surface area contributed by atoms with Crippen LogP contribution in [-0.4, -0.2) is 23.8 Å². The number of para-hydroxylation sites is 1. The standard InChI is InChI=1S/C24H29N3O2/c1-28-22-10-9-19(15-20(22)17-27-14-13-25-18-27)16-26-24(11-5-6-12-24)21-7-3-4-8-23(21)29-2/h3-4,7-10,13-15,18,26H,5-6,11-12,16-17H2,1-2H3. The topological polar surface area (TPSA) is 48.3 Å². The summed E-state index contributed by atoms with van der Waals surface area (Å²) in [6.07, 6.45) is 10.3. The van der Waals surface area contributed by atoms with E-state index in [1.807, 2.05) is 18.6 Å². The number of hydrogen-bond donors (Lipinski definition) is 1. The van der Waals surface area contributed by atoms with Crippen molar-refractivity contribution in [3.63, 3.8) is 0 Å². The Morgan fingerprint density at radius 1 is 1.03 bits per heavy atom. The van der Waals surface area contributed by atoms with E-state index in [0.717, 1.165) is 43.0 Å². The summed E-state index contributed by atoms with van der Waals surface area (Å²) in [5.41, 5.74) is 3.65. The third kappa shape index (κ3) is 4.15. The predicted octanol–water partition coefficient (Wildman–Crippen LogP) is 4.51. The highest BCUT2D eigenvalue weighted by atomic mass is 16.5. The molecule has 0 aliphatic heterocycles. The molecular weight excluding hydrogens is 362 g/mol. The molecule has 3 aromatic rings. The van der Waals surface area contributed by atoms with E-state index in [2.05, 4.69) is 51.3 Å². The average molecular weight is 392 g/mol. The van der Waals surface area contributed by atoms with Crippen molar-refractivity contribution in [1.29, 1.82) is 0 Å². The van der Waals surface area contributed by atoms with Crippen molar-refractivity contribution in [1.82, 2.24) is 14.9 Å². The minimum atomic E-state index is -0.0307. The monoisotopic (exact) mass is 391 g/mol. The Hall–Kier alpha value is -2.79. The maximum Gasteiger partial charge on any atom is 0.123 e. The molecule has 0 amide bonds. The molecule has 2 aromatic carbocycles. The molecule has 1 aliphatic carbocycles. The first-order chi connectivity index (χ1) is 14.2. The van der Waals surface area contributed by atoms with E-state index in [-0.39, 0.29) is 5.54 Å². The molecule has 0 atom stereocenters.